The van der Waals surface area contributed by atoms with Gasteiger partial charge in [0.1, 0.15) is 28.4 Å². The minimum absolute atomic E-state index is 0.116. The fourth-order valence-corrected chi connectivity index (χ4v) is 2.89. The van der Waals surface area contributed by atoms with Crippen LogP contribution in [0, 0.1) is 0 Å². The van der Waals surface area contributed by atoms with Gasteiger partial charge in [-0.15, -0.1) is 0 Å². The first kappa shape index (κ1) is 19.2. The molecule has 8 nitrogen and oxygen atoms in total. The van der Waals surface area contributed by atoms with Gasteiger partial charge in [0.15, 0.2) is 12.4 Å². The van der Waals surface area contributed by atoms with Crippen molar-refractivity contribution in [2.24, 2.45) is 5.73 Å². The molecular formula is C20H20N2O6. The Balaban J connectivity index is 1.66. The number of nitrogens with two attached hydrogens (primary N) is 1. The van der Waals surface area contributed by atoms with Crippen molar-refractivity contribution < 1.29 is 29.0 Å². The van der Waals surface area contributed by atoms with Crippen LogP contribution < -0.4 is 20.5 Å². The zero-order chi connectivity index (χ0) is 20.5. The summed E-state index contributed by atoms with van der Waals surface area (Å²) in [7, 11) is 0. The Morgan fingerprint density at radius 3 is 2.57 bits per heavy atom. The molecule has 0 saturated heterocycles. The Hall–Kier alpha value is -3.55. The summed E-state index contributed by atoms with van der Waals surface area (Å²) in [4.78, 5) is 35.3. The molecule has 4 N–H and O–H groups in total. The maximum Gasteiger partial charge on any atom is 0.262 e. The Bertz CT molecular complexity index is 950. The van der Waals surface area contributed by atoms with E-state index in [-0.39, 0.29) is 41.6 Å². The Kier molecular flexibility index (Phi) is 4.96. The predicted octanol–water partition coefficient (Wildman–Crippen LogP) is 2.25. The molecule has 2 aromatic carbocycles. The SMILES string of the molecule is CC1(C)CC(=O)c2c(O)cc(OCC(=O)Nc3ccc(C(N)=O)cc3)cc2O1. The van der Waals surface area contributed by atoms with Crippen LogP contribution in [0.3, 0.4) is 0 Å². The number of rotatable bonds is 5. The number of nitrogens with one attached hydrogen (secondary N) is 1. The van der Waals surface area contributed by atoms with Crippen molar-refractivity contribution in [1.29, 1.82) is 0 Å². The quantitative estimate of drug-likeness (QED) is 0.725. The van der Waals surface area contributed by atoms with E-state index < -0.39 is 17.4 Å². The van der Waals surface area contributed by atoms with Gasteiger partial charge in [-0.25, -0.2) is 0 Å². The van der Waals surface area contributed by atoms with Crippen LogP contribution in [0.25, 0.3) is 0 Å². The van der Waals surface area contributed by atoms with Crippen molar-refractivity contribution in [3.8, 4) is 17.2 Å². The van der Waals surface area contributed by atoms with E-state index in [0.717, 1.165) is 0 Å². The highest BCUT2D eigenvalue weighted by Gasteiger charge is 2.35. The zero-order valence-corrected chi connectivity index (χ0v) is 15.4. The number of phenols is 1. The minimum atomic E-state index is -0.691. The average molecular weight is 384 g/mol. The lowest BCUT2D eigenvalue weighted by Crippen LogP contribution is -2.35. The molecule has 2 amide bonds. The van der Waals surface area contributed by atoms with Gasteiger partial charge in [0.2, 0.25) is 5.91 Å². The minimum Gasteiger partial charge on any atom is -0.507 e. The molecule has 0 saturated carbocycles. The molecule has 1 aliphatic heterocycles. The number of ketones is 1. The Labute approximate surface area is 161 Å². The fraction of sp³-hybridized carbons (Fsp3) is 0.250. The van der Waals surface area contributed by atoms with Crippen LogP contribution in [0.5, 0.6) is 17.2 Å². The number of primary amides is 1. The first-order valence-corrected chi connectivity index (χ1v) is 8.56. The van der Waals surface area contributed by atoms with Crippen molar-refractivity contribution in [3.05, 3.63) is 47.5 Å². The summed E-state index contributed by atoms with van der Waals surface area (Å²) in [5.41, 5.74) is 5.40. The number of phenolic OH excluding ortho intramolecular Hbond substituents is 1. The first-order valence-electron chi connectivity index (χ1n) is 8.56. The van der Waals surface area contributed by atoms with Crippen molar-refractivity contribution >= 4 is 23.3 Å². The second-order valence-electron chi connectivity index (χ2n) is 7.06. The standard InChI is InChI=1S/C20H20N2O6/c1-20(2)9-15(24)18-14(23)7-13(8-16(18)28-20)27-10-17(25)22-12-5-3-11(4-6-12)19(21)26/h3-8,23H,9-10H2,1-2H3,(H2,21,26)(H,22,25). The third kappa shape index (κ3) is 4.22. The number of carbonyl (C=O) groups is 3. The molecule has 0 aromatic heterocycles. The van der Waals surface area contributed by atoms with Gasteiger partial charge in [-0.1, -0.05) is 0 Å². The van der Waals surface area contributed by atoms with E-state index in [1.165, 1.54) is 24.3 Å². The van der Waals surface area contributed by atoms with E-state index in [9.17, 15) is 19.5 Å². The number of anilines is 1. The fourth-order valence-electron chi connectivity index (χ4n) is 2.89. The smallest absolute Gasteiger partial charge is 0.262 e. The third-order valence-electron chi connectivity index (χ3n) is 4.13. The molecule has 1 aliphatic rings. The molecular weight excluding hydrogens is 364 g/mol. The normalized spacial score (nSPS) is 14.6. The van der Waals surface area contributed by atoms with Crippen LogP contribution in [0.2, 0.25) is 0 Å². The molecule has 146 valence electrons. The number of carbonyl (C=O) groups excluding carboxylic acids is 3. The van der Waals surface area contributed by atoms with E-state index in [1.54, 1.807) is 26.0 Å². The molecule has 3 rings (SSSR count). The van der Waals surface area contributed by atoms with Crippen LogP contribution in [0.15, 0.2) is 36.4 Å². The third-order valence-corrected chi connectivity index (χ3v) is 4.13. The van der Waals surface area contributed by atoms with E-state index in [2.05, 4.69) is 5.32 Å². The number of hydrogen-bond donors (Lipinski definition) is 3. The van der Waals surface area contributed by atoms with Crippen molar-refractivity contribution in [2.75, 3.05) is 11.9 Å². The monoisotopic (exact) mass is 384 g/mol. The van der Waals surface area contributed by atoms with Crippen LogP contribution >= 0.6 is 0 Å². The number of fused-ring (bicyclic) bond motifs is 1. The maximum absolute atomic E-state index is 12.2. The average Bonchev–Trinajstić information content (AvgIpc) is 2.58. The summed E-state index contributed by atoms with van der Waals surface area (Å²) >= 11 is 0. The van der Waals surface area contributed by atoms with Gasteiger partial charge in [-0.05, 0) is 38.1 Å². The van der Waals surface area contributed by atoms with E-state index in [0.29, 0.717) is 11.3 Å². The molecule has 0 bridgehead atoms. The van der Waals surface area contributed by atoms with E-state index in [1.807, 2.05) is 0 Å². The second kappa shape index (κ2) is 7.22. The predicted molar refractivity (Wildman–Crippen MR) is 101 cm³/mol. The highest BCUT2D eigenvalue weighted by atomic mass is 16.5. The second-order valence-corrected chi connectivity index (χ2v) is 7.06. The largest absolute Gasteiger partial charge is 0.507 e. The summed E-state index contributed by atoms with van der Waals surface area (Å²) < 4.78 is 11.2. The van der Waals surface area contributed by atoms with Crippen molar-refractivity contribution in [2.45, 2.75) is 25.9 Å². The zero-order valence-electron chi connectivity index (χ0n) is 15.4. The van der Waals surface area contributed by atoms with Gasteiger partial charge in [0.25, 0.3) is 5.91 Å². The number of aromatic hydroxyl groups is 1. The summed E-state index contributed by atoms with van der Waals surface area (Å²) in [5.74, 6) is -1.05. The van der Waals surface area contributed by atoms with Crippen molar-refractivity contribution in [1.82, 2.24) is 0 Å². The van der Waals surface area contributed by atoms with Crippen LogP contribution in [0.4, 0.5) is 5.69 Å². The lowest BCUT2D eigenvalue weighted by Gasteiger charge is -2.32. The number of benzene rings is 2. The molecule has 1 heterocycles. The number of Topliss-reactive ketones (excluding diaryl/α,β-unsaturated/α-hetero) is 1. The molecule has 0 radical (unpaired) electrons. The molecule has 0 fully saturated rings. The Morgan fingerprint density at radius 1 is 1.25 bits per heavy atom. The molecule has 2 aromatic rings. The summed E-state index contributed by atoms with van der Waals surface area (Å²) in [6.07, 6.45) is 0.157. The highest BCUT2D eigenvalue weighted by molar-refractivity contribution is 6.03. The van der Waals surface area contributed by atoms with Gasteiger partial charge < -0.3 is 25.6 Å². The summed E-state index contributed by atoms with van der Waals surface area (Å²) in [5, 5.41) is 12.7. The van der Waals surface area contributed by atoms with Gasteiger partial charge >= 0.3 is 0 Å². The summed E-state index contributed by atoms with van der Waals surface area (Å²) in [6.45, 7) is 3.22. The lowest BCUT2D eigenvalue weighted by atomic mass is 9.92. The van der Waals surface area contributed by atoms with Gasteiger partial charge in [0.05, 0.1) is 6.42 Å². The van der Waals surface area contributed by atoms with Gasteiger partial charge in [0, 0.05) is 23.4 Å². The Morgan fingerprint density at radius 2 is 1.93 bits per heavy atom. The van der Waals surface area contributed by atoms with E-state index >= 15 is 0 Å². The highest BCUT2D eigenvalue weighted by Crippen LogP contribution is 2.40. The number of ether oxygens (including phenoxy) is 2. The lowest BCUT2D eigenvalue weighted by molar-refractivity contribution is -0.118. The maximum atomic E-state index is 12.2. The summed E-state index contributed by atoms with van der Waals surface area (Å²) in [6, 6.07) is 8.83. The molecule has 0 unspecified atom stereocenters. The topological polar surface area (TPSA) is 128 Å². The first-order chi connectivity index (χ1) is 13.1. The van der Waals surface area contributed by atoms with Crippen LogP contribution in [-0.2, 0) is 4.79 Å². The molecule has 8 heteroatoms. The number of hydrogen-bond acceptors (Lipinski definition) is 6. The van der Waals surface area contributed by atoms with Gasteiger partial charge in [-0.2, -0.15) is 0 Å². The van der Waals surface area contributed by atoms with Crippen molar-refractivity contribution in [3.63, 3.8) is 0 Å². The van der Waals surface area contributed by atoms with E-state index in [4.69, 9.17) is 15.2 Å². The van der Waals surface area contributed by atoms with Crippen LogP contribution in [0.1, 0.15) is 41.0 Å². The molecule has 0 spiro atoms. The van der Waals surface area contributed by atoms with Crippen LogP contribution in [-0.4, -0.2) is 34.9 Å². The van der Waals surface area contributed by atoms with Gasteiger partial charge in [-0.3, -0.25) is 14.4 Å². The molecule has 0 aliphatic carbocycles. The molecule has 0 atom stereocenters. The molecule has 28 heavy (non-hydrogen) atoms. The number of amides is 2.